The average Bonchev–Trinajstić information content (AvgIpc) is 2.96. The molecule has 2 aromatic rings. The lowest BCUT2D eigenvalue weighted by atomic mass is 9.91. The first-order valence-electron chi connectivity index (χ1n) is 6.67. The molecule has 0 saturated carbocycles. The van der Waals surface area contributed by atoms with Crippen molar-refractivity contribution in [3.8, 4) is 9.75 Å². The zero-order valence-corrected chi connectivity index (χ0v) is 14.2. The van der Waals surface area contributed by atoms with Gasteiger partial charge in [0.25, 0.3) is 0 Å². The molecule has 0 saturated heterocycles. The van der Waals surface area contributed by atoms with Gasteiger partial charge < -0.3 is 0 Å². The summed E-state index contributed by atoms with van der Waals surface area (Å²) in [7, 11) is 0. The topological polar surface area (TPSA) is 25.8 Å². The van der Waals surface area contributed by atoms with Gasteiger partial charge in [0.05, 0.1) is 19.8 Å². The summed E-state index contributed by atoms with van der Waals surface area (Å²) in [6.07, 6.45) is 5.09. The molecule has 4 heteroatoms. The second kappa shape index (κ2) is 4.98. The molecule has 0 bridgehead atoms. The predicted molar refractivity (Wildman–Crippen MR) is 85.2 cm³/mol. The van der Waals surface area contributed by atoms with Gasteiger partial charge in [-0.2, -0.15) is 0 Å². The molecule has 2 heterocycles. The van der Waals surface area contributed by atoms with Crippen LogP contribution in [0.25, 0.3) is 9.75 Å². The van der Waals surface area contributed by atoms with Gasteiger partial charge in [-0.25, -0.2) is 9.97 Å². The minimum absolute atomic E-state index is 0.124. The van der Waals surface area contributed by atoms with E-state index < -0.39 is 0 Å². The SMILES string of the molecule is CCC(C)(C)c1ncc(-c2cnc(C(C)(C)C)s2)s1. The molecular weight excluding hydrogens is 272 g/mol. The summed E-state index contributed by atoms with van der Waals surface area (Å²) < 4.78 is 0. The second-order valence-electron chi connectivity index (χ2n) is 6.55. The smallest absolute Gasteiger partial charge is 0.0987 e. The van der Waals surface area contributed by atoms with Crippen LogP contribution in [0.15, 0.2) is 12.4 Å². The van der Waals surface area contributed by atoms with E-state index in [0.29, 0.717) is 0 Å². The summed E-state index contributed by atoms with van der Waals surface area (Å²) in [5, 5.41) is 2.41. The van der Waals surface area contributed by atoms with Gasteiger partial charge in [0.2, 0.25) is 0 Å². The number of hydrogen-bond donors (Lipinski definition) is 0. The Balaban J connectivity index is 2.31. The third-order valence-corrected chi connectivity index (χ3v) is 6.34. The quantitative estimate of drug-likeness (QED) is 0.772. The van der Waals surface area contributed by atoms with Gasteiger partial charge >= 0.3 is 0 Å². The van der Waals surface area contributed by atoms with Crippen LogP contribution in [-0.2, 0) is 10.8 Å². The van der Waals surface area contributed by atoms with Crippen LogP contribution in [0.2, 0.25) is 0 Å². The van der Waals surface area contributed by atoms with Crippen molar-refractivity contribution in [3.63, 3.8) is 0 Å². The van der Waals surface area contributed by atoms with Crippen LogP contribution in [0.4, 0.5) is 0 Å². The molecule has 104 valence electrons. The molecule has 19 heavy (non-hydrogen) atoms. The molecule has 0 aliphatic carbocycles. The van der Waals surface area contributed by atoms with E-state index in [0.717, 1.165) is 6.42 Å². The lowest BCUT2D eigenvalue weighted by Crippen LogP contribution is -2.14. The molecule has 0 N–H and O–H groups in total. The van der Waals surface area contributed by atoms with E-state index in [1.807, 2.05) is 12.4 Å². The normalized spacial score (nSPS) is 12.9. The third-order valence-electron chi connectivity index (χ3n) is 3.36. The predicted octanol–water partition coefficient (Wildman–Crippen LogP) is 5.25. The molecule has 2 aromatic heterocycles. The first-order valence-corrected chi connectivity index (χ1v) is 8.30. The highest BCUT2D eigenvalue weighted by molar-refractivity contribution is 7.21. The number of rotatable bonds is 3. The number of hydrogen-bond acceptors (Lipinski definition) is 4. The van der Waals surface area contributed by atoms with Gasteiger partial charge in [0.1, 0.15) is 0 Å². The highest BCUT2D eigenvalue weighted by atomic mass is 32.1. The molecule has 0 aliphatic heterocycles. The average molecular weight is 294 g/mol. The lowest BCUT2D eigenvalue weighted by molar-refractivity contribution is 0.503. The molecule has 0 atom stereocenters. The van der Waals surface area contributed by atoms with Gasteiger partial charge in [-0.3, -0.25) is 0 Å². The van der Waals surface area contributed by atoms with Crippen LogP contribution in [0.3, 0.4) is 0 Å². The van der Waals surface area contributed by atoms with E-state index in [4.69, 9.17) is 0 Å². The molecular formula is C15H22N2S2. The number of aromatic nitrogens is 2. The maximum Gasteiger partial charge on any atom is 0.0987 e. The summed E-state index contributed by atoms with van der Waals surface area (Å²) in [5.41, 5.74) is 0.291. The summed E-state index contributed by atoms with van der Waals surface area (Å²) in [6, 6.07) is 0. The van der Waals surface area contributed by atoms with E-state index in [9.17, 15) is 0 Å². The Morgan fingerprint density at radius 3 is 1.79 bits per heavy atom. The fourth-order valence-electron chi connectivity index (χ4n) is 1.59. The van der Waals surface area contributed by atoms with Crippen molar-refractivity contribution in [2.75, 3.05) is 0 Å². The highest BCUT2D eigenvalue weighted by Gasteiger charge is 2.24. The largest absolute Gasteiger partial charge is 0.248 e. The Hall–Kier alpha value is -0.740. The van der Waals surface area contributed by atoms with Crippen molar-refractivity contribution in [3.05, 3.63) is 22.4 Å². The summed E-state index contributed by atoms with van der Waals surface area (Å²) in [5.74, 6) is 0. The fraction of sp³-hybridized carbons (Fsp3) is 0.600. The Labute approximate surface area is 123 Å². The van der Waals surface area contributed by atoms with Crippen LogP contribution in [0.1, 0.15) is 58.0 Å². The monoisotopic (exact) mass is 294 g/mol. The van der Waals surface area contributed by atoms with Crippen molar-refractivity contribution in [1.29, 1.82) is 0 Å². The van der Waals surface area contributed by atoms with Gasteiger partial charge in [0, 0.05) is 23.2 Å². The van der Waals surface area contributed by atoms with Gasteiger partial charge in [-0.05, 0) is 6.42 Å². The van der Waals surface area contributed by atoms with E-state index in [2.05, 4.69) is 51.5 Å². The summed E-state index contributed by atoms with van der Waals surface area (Å²) >= 11 is 3.58. The summed E-state index contributed by atoms with van der Waals surface area (Å²) in [6.45, 7) is 13.3. The van der Waals surface area contributed by atoms with Crippen molar-refractivity contribution >= 4 is 22.7 Å². The standard InChI is InChI=1S/C15H22N2S2/c1-7-15(5,6)13-17-9-11(19-13)10-8-16-12(18-10)14(2,3)4/h8-9H,7H2,1-6H3. The Morgan fingerprint density at radius 2 is 1.37 bits per heavy atom. The Bertz CT molecular complexity index is 559. The Kier molecular flexibility index (Phi) is 3.85. The van der Waals surface area contributed by atoms with Crippen molar-refractivity contribution in [1.82, 2.24) is 9.97 Å². The molecule has 0 aliphatic rings. The minimum Gasteiger partial charge on any atom is -0.248 e. The van der Waals surface area contributed by atoms with E-state index in [1.54, 1.807) is 22.7 Å². The molecule has 0 unspecified atom stereocenters. The van der Waals surface area contributed by atoms with Crippen LogP contribution in [0.5, 0.6) is 0 Å². The number of thiazole rings is 2. The van der Waals surface area contributed by atoms with Crippen LogP contribution < -0.4 is 0 Å². The molecule has 0 aromatic carbocycles. The zero-order chi connectivity index (χ0) is 14.3. The third kappa shape index (κ3) is 3.06. The Morgan fingerprint density at radius 1 is 0.895 bits per heavy atom. The maximum atomic E-state index is 4.60. The van der Waals surface area contributed by atoms with Gasteiger partial charge in [-0.1, -0.05) is 41.5 Å². The first-order chi connectivity index (χ1) is 8.74. The highest BCUT2D eigenvalue weighted by Crippen LogP contribution is 2.38. The fourth-order valence-corrected chi connectivity index (χ4v) is 3.71. The minimum atomic E-state index is 0.124. The van der Waals surface area contributed by atoms with Crippen LogP contribution in [0, 0.1) is 0 Å². The molecule has 0 fully saturated rings. The van der Waals surface area contributed by atoms with E-state index in [1.165, 1.54) is 19.8 Å². The molecule has 0 amide bonds. The van der Waals surface area contributed by atoms with E-state index >= 15 is 0 Å². The molecule has 2 rings (SSSR count). The summed E-state index contributed by atoms with van der Waals surface area (Å²) in [4.78, 5) is 11.6. The number of nitrogens with zero attached hydrogens (tertiary/aromatic N) is 2. The van der Waals surface area contributed by atoms with Crippen molar-refractivity contribution < 1.29 is 0 Å². The molecule has 0 radical (unpaired) electrons. The second-order valence-corrected chi connectivity index (χ2v) is 8.61. The lowest BCUT2D eigenvalue weighted by Gasteiger charge is -2.18. The zero-order valence-electron chi connectivity index (χ0n) is 12.6. The van der Waals surface area contributed by atoms with Gasteiger partial charge in [-0.15, -0.1) is 22.7 Å². The van der Waals surface area contributed by atoms with Crippen molar-refractivity contribution in [2.45, 2.75) is 58.8 Å². The van der Waals surface area contributed by atoms with E-state index in [-0.39, 0.29) is 10.8 Å². The van der Waals surface area contributed by atoms with Crippen LogP contribution >= 0.6 is 22.7 Å². The molecule has 0 spiro atoms. The van der Waals surface area contributed by atoms with Gasteiger partial charge in [0.15, 0.2) is 0 Å². The van der Waals surface area contributed by atoms with Crippen LogP contribution in [-0.4, -0.2) is 9.97 Å². The first kappa shape index (κ1) is 14.7. The molecule has 2 nitrogen and oxygen atoms in total. The maximum absolute atomic E-state index is 4.60. The van der Waals surface area contributed by atoms with Crippen molar-refractivity contribution in [2.24, 2.45) is 0 Å².